The van der Waals surface area contributed by atoms with Crippen LogP contribution in [0.15, 0.2) is 0 Å². The van der Waals surface area contributed by atoms with Crippen molar-refractivity contribution in [3.8, 4) is 0 Å². The third-order valence-corrected chi connectivity index (χ3v) is 8.44. The Hall–Kier alpha value is -1.79. The maximum absolute atomic E-state index is 13.7. The average Bonchev–Trinajstić information content (AvgIpc) is 2.79. The minimum atomic E-state index is -9.45. The summed E-state index contributed by atoms with van der Waals surface area (Å²) in [4.78, 5) is 0. The van der Waals surface area contributed by atoms with Crippen molar-refractivity contribution in [2.45, 2.75) is 83.1 Å². The molecule has 0 aromatic rings. The fourth-order valence-electron chi connectivity index (χ4n) is 3.98. The summed E-state index contributed by atoms with van der Waals surface area (Å²) in [5, 5.41) is -17.5. The second-order valence-electron chi connectivity index (χ2n) is 9.89. The molecule has 0 amide bonds. The molecule has 0 aromatic heterocycles. The molecule has 0 saturated carbocycles. The van der Waals surface area contributed by atoms with Gasteiger partial charge in [0.25, 0.3) is 0 Å². The van der Waals surface area contributed by atoms with E-state index in [1.165, 1.54) is 0 Å². The van der Waals surface area contributed by atoms with E-state index in [9.17, 15) is 175 Å². The molecule has 0 saturated heterocycles. The van der Waals surface area contributed by atoms with Crippen molar-refractivity contribution in [1.29, 1.82) is 0 Å². The first kappa shape index (κ1) is 61.5. The molecule has 0 aromatic carbocycles. The Morgan fingerprint density at radius 3 is 0.441 bits per heavy atom. The number of hydrogen-bond donors (Lipinski definition) is 0. The van der Waals surface area contributed by atoms with Gasteiger partial charge in [0.1, 0.15) is 0 Å². The van der Waals surface area contributed by atoms with E-state index in [1.54, 1.807) is 0 Å². The van der Waals surface area contributed by atoms with E-state index in [4.69, 9.17) is 0 Å². The standard InChI is InChI=1S/2C8HF17O3S.Mg/c2*9-2(6(18,19)20,7(21,22)23)3(10,11)1(4(12,13)14,5(15,16)17)8(24,25)29(26,27)28;/h2*(H,26,27,28);/q;;+2/p-2. The van der Waals surface area contributed by atoms with Gasteiger partial charge in [0.2, 0.25) is 0 Å². The van der Waals surface area contributed by atoms with Gasteiger partial charge >= 0.3 is 117 Å². The van der Waals surface area contributed by atoms with Crippen LogP contribution in [0.1, 0.15) is 0 Å². The van der Waals surface area contributed by atoms with Crippen molar-refractivity contribution < 1.29 is 175 Å². The van der Waals surface area contributed by atoms with E-state index < -0.39 is 114 Å². The molecule has 0 heterocycles. The van der Waals surface area contributed by atoms with Gasteiger partial charge in [-0.3, -0.25) is 0 Å². The second-order valence-corrected chi connectivity index (χ2v) is 12.7. The number of halogens is 34. The fraction of sp³-hybridized carbons (Fsp3) is 1.00. The molecule has 0 unspecified atom stereocenters. The van der Waals surface area contributed by atoms with Crippen LogP contribution in [0, 0.1) is 10.8 Å². The zero-order chi connectivity index (χ0) is 49.0. The van der Waals surface area contributed by atoms with Gasteiger partial charge in [0.05, 0.1) is 0 Å². The van der Waals surface area contributed by atoms with Gasteiger partial charge < -0.3 is 9.11 Å². The molecule has 0 aliphatic carbocycles. The first-order valence-electron chi connectivity index (χ1n) is 11.3. The Balaban J connectivity index is -0.00000105. The third-order valence-electron chi connectivity index (χ3n) is 6.57. The van der Waals surface area contributed by atoms with Crippen LogP contribution in [0.25, 0.3) is 0 Å². The summed E-state index contributed by atoms with van der Waals surface area (Å²) in [5.74, 6) is -18.9. The first-order valence-corrected chi connectivity index (χ1v) is 14.2. The molecule has 0 radical (unpaired) electrons. The third kappa shape index (κ3) is 8.17. The molecule has 0 rings (SSSR count). The number of hydrogen-bond acceptors (Lipinski definition) is 6. The van der Waals surface area contributed by atoms with Gasteiger partial charge in [-0.05, 0) is 0 Å². The summed E-state index contributed by atoms with van der Waals surface area (Å²) in [6.07, 6.45) is -69.4. The normalized spacial score (nSPS) is 16.6. The zero-order valence-corrected chi connectivity index (χ0v) is 27.9. The van der Waals surface area contributed by atoms with Crippen LogP contribution in [-0.2, 0) is 20.2 Å². The van der Waals surface area contributed by atoms with Crippen molar-refractivity contribution in [1.82, 2.24) is 0 Å². The van der Waals surface area contributed by atoms with Crippen molar-refractivity contribution in [2.75, 3.05) is 0 Å². The molecular weight excluding hydrogens is 1020 g/mol. The quantitative estimate of drug-likeness (QED) is 0.136. The maximum Gasteiger partial charge on any atom is 2.00 e. The summed E-state index contributed by atoms with van der Waals surface area (Å²) < 4.78 is 496. The van der Waals surface area contributed by atoms with Crippen LogP contribution in [0.5, 0.6) is 0 Å². The van der Waals surface area contributed by atoms with Gasteiger partial charge in [-0.1, -0.05) is 0 Å². The van der Waals surface area contributed by atoms with Crippen molar-refractivity contribution >= 4 is 43.3 Å². The van der Waals surface area contributed by atoms with Crippen molar-refractivity contribution in [2.24, 2.45) is 10.8 Å². The van der Waals surface area contributed by atoms with E-state index in [2.05, 4.69) is 0 Å². The largest absolute Gasteiger partial charge is 2.00 e. The van der Waals surface area contributed by atoms with Crippen LogP contribution in [0.4, 0.5) is 149 Å². The Kier molecular flexibility index (Phi) is 15.8. The summed E-state index contributed by atoms with van der Waals surface area (Å²) >= 11 is 0. The van der Waals surface area contributed by atoms with Crippen LogP contribution >= 0.6 is 0 Å². The average molecular weight is 1020 g/mol. The summed E-state index contributed by atoms with van der Waals surface area (Å²) in [5.41, 5.74) is -36.8. The van der Waals surface area contributed by atoms with E-state index >= 15 is 0 Å². The molecule has 0 spiro atoms. The molecule has 0 aliphatic heterocycles. The maximum atomic E-state index is 13.7. The molecule has 6 nitrogen and oxygen atoms in total. The van der Waals surface area contributed by atoms with Crippen LogP contribution in [-0.4, -0.2) is 132 Å². The van der Waals surface area contributed by atoms with Gasteiger partial charge in [-0.2, -0.15) is 123 Å². The molecule has 0 bridgehead atoms. The zero-order valence-electron chi connectivity index (χ0n) is 24.8. The topological polar surface area (TPSA) is 114 Å². The summed E-state index contributed by atoms with van der Waals surface area (Å²) in [6, 6.07) is 0. The number of rotatable bonds is 8. The van der Waals surface area contributed by atoms with Crippen molar-refractivity contribution in [3.63, 3.8) is 0 Å². The van der Waals surface area contributed by atoms with E-state index in [0.29, 0.717) is 0 Å². The predicted molar refractivity (Wildman–Crippen MR) is 106 cm³/mol. The molecular formula is C16F34MgO6S2. The smallest absolute Gasteiger partial charge is 0.743 e. The van der Waals surface area contributed by atoms with Crippen molar-refractivity contribution in [3.05, 3.63) is 0 Å². The SMILES string of the molecule is O=S(=O)([O-])C(F)(F)C(C(F)(F)F)(C(F)(F)F)C(F)(F)C(F)(C(F)(F)F)C(F)(F)F.O=S(=O)([O-])C(F)(F)C(C(F)(F)F)(C(F)(F)F)C(F)(F)C(F)(C(F)(F)F)C(F)(F)F.[Mg+2]. The minimum absolute atomic E-state index is 0. The predicted octanol–water partition coefficient (Wildman–Crippen LogP) is 9.03. The number of alkyl halides is 34. The first-order chi connectivity index (χ1) is 24.0. The summed E-state index contributed by atoms with van der Waals surface area (Å²) in [6.45, 7) is 0. The van der Waals surface area contributed by atoms with E-state index in [-0.39, 0.29) is 23.1 Å². The molecule has 59 heavy (non-hydrogen) atoms. The van der Waals surface area contributed by atoms with Crippen LogP contribution in [0.2, 0.25) is 0 Å². The van der Waals surface area contributed by atoms with Crippen LogP contribution in [0.3, 0.4) is 0 Å². The minimum Gasteiger partial charge on any atom is -0.743 e. The fourth-order valence-corrected chi connectivity index (χ4v) is 5.45. The monoisotopic (exact) mass is 1020 g/mol. The van der Waals surface area contributed by atoms with Gasteiger partial charge in [-0.25, -0.2) is 43.2 Å². The Morgan fingerprint density at radius 2 is 0.373 bits per heavy atom. The Morgan fingerprint density at radius 1 is 0.254 bits per heavy atom. The Labute approximate surface area is 312 Å². The van der Waals surface area contributed by atoms with E-state index in [1.807, 2.05) is 0 Å². The van der Waals surface area contributed by atoms with Gasteiger partial charge in [-0.15, -0.1) is 0 Å². The van der Waals surface area contributed by atoms with Crippen LogP contribution < -0.4 is 0 Å². The molecule has 352 valence electrons. The summed E-state index contributed by atoms with van der Waals surface area (Å²) in [7, 11) is -17.5. The van der Waals surface area contributed by atoms with E-state index in [0.717, 1.165) is 0 Å². The molecule has 0 fully saturated rings. The molecule has 0 N–H and O–H groups in total. The van der Waals surface area contributed by atoms with Gasteiger partial charge in [0, 0.05) is 0 Å². The molecule has 0 aliphatic rings. The Bertz CT molecular complexity index is 1520. The second kappa shape index (κ2) is 15.2. The molecule has 43 heteroatoms. The molecule has 0 atom stereocenters. The van der Waals surface area contributed by atoms with Gasteiger partial charge in [0.15, 0.2) is 20.2 Å².